The highest BCUT2D eigenvalue weighted by Gasteiger charge is 2.47. The first-order chi connectivity index (χ1) is 13.3. The van der Waals surface area contributed by atoms with Crippen molar-refractivity contribution in [1.82, 2.24) is 0 Å². The Kier molecular flexibility index (Phi) is 4.66. The second-order valence-corrected chi connectivity index (χ2v) is 7.21. The van der Waals surface area contributed by atoms with Crippen LogP contribution in [0.4, 0.5) is 24.5 Å². The summed E-state index contributed by atoms with van der Waals surface area (Å²) < 4.78 is 46.5. The highest BCUT2D eigenvalue weighted by Crippen LogP contribution is 2.38. The summed E-state index contributed by atoms with van der Waals surface area (Å²) in [5.41, 5.74) is 1.44. The minimum absolute atomic E-state index is 0.0477. The number of para-hydroxylation sites is 1. The van der Waals surface area contributed by atoms with Gasteiger partial charge in [-0.15, -0.1) is 13.2 Å². The number of amides is 1. The van der Waals surface area contributed by atoms with E-state index in [1.807, 2.05) is 30.3 Å². The summed E-state index contributed by atoms with van der Waals surface area (Å²) in [5, 5.41) is 0. The van der Waals surface area contributed by atoms with Crippen LogP contribution in [-0.2, 0) is 9.53 Å². The number of anilines is 2. The van der Waals surface area contributed by atoms with Crippen LogP contribution >= 0.6 is 0 Å². The lowest BCUT2D eigenvalue weighted by atomic mass is 9.79. The number of carbonyl (C=O) groups excluding carboxylic acids is 1. The molecule has 0 bridgehead atoms. The van der Waals surface area contributed by atoms with Gasteiger partial charge in [0.25, 0.3) is 5.91 Å². The number of alkyl halides is 3. The third-order valence-corrected chi connectivity index (χ3v) is 4.98. The molecule has 0 aromatic heterocycles. The molecule has 0 saturated carbocycles. The van der Waals surface area contributed by atoms with E-state index in [2.05, 4.69) is 9.64 Å². The van der Waals surface area contributed by atoms with E-state index in [9.17, 15) is 18.0 Å². The third kappa shape index (κ3) is 3.91. The Morgan fingerprint density at radius 1 is 0.929 bits per heavy atom. The minimum Gasteiger partial charge on any atom is -0.406 e. The first-order valence-corrected chi connectivity index (χ1v) is 8.88. The molecular weight excluding hydrogens is 373 g/mol. The molecule has 2 saturated heterocycles. The van der Waals surface area contributed by atoms with Gasteiger partial charge < -0.3 is 19.3 Å². The standard InChI is InChI=1S/C20H19F3N2O3/c21-20(22,23)28-17-8-6-16(7-9-17)25-13-19(14-27-10-18(25)26)11-24(12-19)15-4-2-1-3-5-15/h1-9H,10-14H2. The predicted octanol–water partition coefficient (Wildman–Crippen LogP) is 3.46. The van der Waals surface area contributed by atoms with E-state index in [1.165, 1.54) is 24.3 Å². The Hall–Kier alpha value is -2.74. The van der Waals surface area contributed by atoms with Crippen LogP contribution in [0.2, 0.25) is 0 Å². The van der Waals surface area contributed by atoms with Crippen molar-refractivity contribution in [2.45, 2.75) is 6.36 Å². The molecule has 1 amide bonds. The zero-order valence-corrected chi connectivity index (χ0v) is 15.0. The van der Waals surface area contributed by atoms with Gasteiger partial charge >= 0.3 is 6.36 Å². The van der Waals surface area contributed by atoms with Crippen molar-refractivity contribution < 1.29 is 27.4 Å². The fraction of sp³-hybridized carbons (Fsp3) is 0.350. The largest absolute Gasteiger partial charge is 0.573 e. The molecule has 2 aromatic rings. The van der Waals surface area contributed by atoms with Crippen LogP contribution in [-0.4, -0.2) is 45.1 Å². The van der Waals surface area contributed by atoms with E-state index in [1.54, 1.807) is 4.90 Å². The molecule has 2 aromatic carbocycles. The summed E-state index contributed by atoms with van der Waals surface area (Å²) in [4.78, 5) is 16.3. The molecule has 8 heteroatoms. The summed E-state index contributed by atoms with van der Waals surface area (Å²) in [6.07, 6.45) is -4.75. The number of hydrogen-bond acceptors (Lipinski definition) is 4. The molecule has 5 nitrogen and oxygen atoms in total. The van der Waals surface area contributed by atoms with Crippen LogP contribution in [0, 0.1) is 5.41 Å². The van der Waals surface area contributed by atoms with Gasteiger partial charge in [0, 0.05) is 36.4 Å². The number of rotatable bonds is 3. The van der Waals surface area contributed by atoms with Gasteiger partial charge in [0.05, 0.1) is 6.61 Å². The number of halogens is 3. The van der Waals surface area contributed by atoms with E-state index in [4.69, 9.17) is 4.74 Å². The van der Waals surface area contributed by atoms with Crippen molar-refractivity contribution >= 4 is 17.3 Å². The fourth-order valence-electron chi connectivity index (χ4n) is 3.74. The van der Waals surface area contributed by atoms with Crippen molar-refractivity contribution in [3.8, 4) is 5.75 Å². The second kappa shape index (κ2) is 7.01. The molecule has 4 rings (SSSR count). The van der Waals surface area contributed by atoms with Crippen molar-refractivity contribution in [3.63, 3.8) is 0 Å². The van der Waals surface area contributed by atoms with Crippen LogP contribution in [0.15, 0.2) is 54.6 Å². The van der Waals surface area contributed by atoms with Gasteiger partial charge in [0.15, 0.2) is 0 Å². The third-order valence-electron chi connectivity index (χ3n) is 4.98. The topological polar surface area (TPSA) is 42.0 Å². The quantitative estimate of drug-likeness (QED) is 0.803. The molecule has 148 valence electrons. The Morgan fingerprint density at radius 3 is 2.25 bits per heavy atom. The second-order valence-electron chi connectivity index (χ2n) is 7.21. The van der Waals surface area contributed by atoms with Gasteiger partial charge in [-0.2, -0.15) is 0 Å². The first-order valence-electron chi connectivity index (χ1n) is 8.88. The van der Waals surface area contributed by atoms with E-state index in [0.29, 0.717) is 18.8 Å². The smallest absolute Gasteiger partial charge is 0.406 e. The maximum Gasteiger partial charge on any atom is 0.573 e. The number of benzene rings is 2. The maximum absolute atomic E-state index is 12.5. The monoisotopic (exact) mass is 392 g/mol. The van der Waals surface area contributed by atoms with E-state index in [-0.39, 0.29) is 23.7 Å². The van der Waals surface area contributed by atoms with Crippen LogP contribution in [0.25, 0.3) is 0 Å². The van der Waals surface area contributed by atoms with Crippen molar-refractivity contribution in [2.24, 2.45) is 5.41 Å². The number of carbonyl (C=O) groups is 1. The van der Waals surface area contributed by atoms with Gasteiger partial charge in [0.1, 0.15) is 12.4 Å². The SMILES string of the molecule is O=C1COCC2(CN(c3ccccc3)C2)CN1c1ccc(OC(F)(F)F)cc1. The number of nitrogens with zero attached hydrogens (tertiary/aromatic N) is 2. The molecule has 2 heterocycles. The molecule has 28 heavy (non-hydrogen) atoms. The van der Waals surface area contributed by atoms with Crippen LogP contribution in [0.5, 0.6) is 5.75 Å². The van der Waals surface area contributed by atoms with Crippen LogP contribution in [0.1, 0.15) is 0 Å². The zero-order valence-electron chi connectivity index (χ0n) is 15.0. The normalized spacial score (nSPS) is 19.3. The maximum atomic E-state index is 12.5. The summed E-state index contributed by atoms with van der Waals surface area (Å²) in [7, 11) is 0. The molecule has 2 fully saturated rings. The average molecular weight is 392 g/mol. The van der Waals surface area contributed by atoms with E-state index < -0.39 is 6.36 Å². The number of ether oxygens (including phenoxy) is 2. The van der Waals surface area contributed by atoms with Crippen LogP contribution < -0.4 is 14.5 Å². The highest BCUT2D eigenvalue weighted by molar-refractivity contribution is 5.94. The summed E-state index contributed by atoms with van der Waals surface area (Å²) in [5.74, 6) is -0.525. The van der Waals surface area contributed by atoms with Crippen LogP contribution in [0.3, 0.4) is 0 Å². The lowest BCUT2D eigenvalue weighted by Crippen LogP contribution is -2.62. The molecule has 2 aliphatic heterocycles. The summed E-state index contributed by atoms with van der Waals surface area (Å²) in [6.45, 7) is 2.36. The molecular formula is C20H19F3N2O3. The molecule has 0 unspecified atom stereocenters. The zero-order chi connectivity index (χ0) is 19.8. The van der Waals surface area contributed by atoms with Crippen molar-refractivity contribution in [1.29, 1.82) is 0 Å². The molecule has 1 spiro atoms. The average Bonchev–Trinajstić information content (AvgIpc) is 2.80. The molecule has 0 atom stereocenters. The van der Waals surface area contributed by atoms with Crippen molar-refractivity contribution in [3.05, 3.63) is 54.6 Å². The summed E-state index contributed by atoms with van der Waals surface area (Å²) >= 11 is 0. The number of hydrogen-bond donors (Lipinski definition) is 0. The highest BCUT2D eigenvalue weighted by atomic mass is 19.4. The molecule has 0 aliphatic carbocycles. The molecule has 0 N–H and O–H groups in total. The molecule has 0 radical (unpaired) electrons. The minimum atomic E-state index is -4.75. The fourth-order valence-corrected chi connectivity index (χ4v) is 3.74. The van der Waals surface area contributed by atoms with Gasteiger partial charge in [-0.3, -0.25) is 4.79 Å². The Bertz CT molecular complexity index is 834. The lowest BCUT2D eigenvalue weighted by molar-refractivity contribution is -0.274. The van der Waals surface area contributed by atoms with Crippen molar-refractivity contribution in [2.75, 3.05) is 42.6 Å². The Balaban J connectivity index is 1.48. The Labute approximate surface area is 160 Å². The first kappa shape index (κ1) is 18.6. The lowest BCUT2D eigenvalue weighted by Gasteiger charge is -2.51. The van der Waals surface area contributed by atoms with Gasteiger partial charge in [-0.1, -0.05) is 18.2 Å². The van der Waals surface area contributed by atoms with Gasteiger partial charge in [-0.05, 0) is 36.4 Å². The van der Waals surface area contributed by atoms with Gasteiger partial charge in [-0.25, -0.2) is 0 Å². The predicted molar refractivity (Wildman–Crippen MR) is 97.4 cm³/mol. The molecule has 2 aliphatic rings. The summed E-state index contributed by atoms with van der Waals surface area (Å²) in [6, 6.07) is 15.3. The van der Waals surface area contributed by atoms with E-state index >= 15 is 0 Å². The Morgan fingerprint density at radius 2 is 1.61 bits per heavy atom. The van der Waals surface area contributed by atoms with Gasteiger partial charge in [0.2, 0.25) is 0 Å². The van der Waals surface area contributed by atoms with E-state index in [0.717, 1.165) is 18.8 Å².